The Morgan fingerprint density at radius 3 is 2.64 bits per heavy atom. The molecule has 3 rings (SSSR count). The molecule has 1 aliphatic carbocycles. The van der Waals surface area contributed by atoms with Gasteiger partial charge in [-0.1, -0.05) is 59.1 Å². The first-order valence-electron chi connectivity index (χ1n) is 7.07. The summed E-state index contributed by atoms with van der Waals surface area (Å²) in [6, 6.07) is 9.91. The Hall–Kier alpha value is -1.29. The van der Waals surface area contributed by atoms with Crippen LogP contribution < -0.4 is 5.43 Å². The van der Waals surface area contributed by atoms with E-state index in [1.165, 1.54) is 17.5 Å². The van der Waals surface area contributed by atoms with Gasteiger partial charge in [-0.2, -0.15) is 5.10 Å². The Morgan fingerprint density at radius 1 is 1.00 bits per heavy atom. The number of halogens is 3. The third-order valence-electron chi connectivity index (χ3n) is 3.62. The van der Waals surface area contributed by atoms with Gasteiger partial charge in [0, 0.05) is 5.56 Å². The van der Waals surface area contributed by atoms with E-state index >= 15 is 0 Å². The second kappa shape index (κ2) is 6.86. The Kier molecular flexibility index (Phi) is 4.87. The highest BCUT2D eigenvalue weighted by Crippen LogP contribution is 2.29. The second-order valence-corrected chi connectivity index (χ2v) is 6.30. The largest absolute Gasteiger partial charge is 0.260 e. The average molecular weight is 355 g/mol. The van der Waals surface area contributed by atoms with Gasteiger partial charge in [-0.05, 0) is 37.3 Å². The highest BCUT2D eigenvalue weighted by molar-refractivity contribution is 6.42. The minimum atomic E-state index is 0.204. The lowest BCUT2D eigenvalue weighted by molar-refractivity contribution is 0.776. The predicted octanol–water partition coefficient (Wildman–Crippen LogP) is 5.58. The van der Waals surface area contributed by atoms with Crippen LogP contribution in [0.25, 0.3) is 0 Å². The summed E-state index contributed by atoms with van der Waals surface area (Å²) in [5.74, 6) is 0.408. The van der Waals surface area contributed by atoms with E-state index in [0.717, 1.165) is 25.0 Å². The molecule has 0 bridgehead atoms. The smallest absolute Gasteiger partial charge is 0.166 e. The van der Waals surface area contributed by atoms with Gasteiger partial charge in [0.25, 0.3) is 0 Å². The molecular formula is C16H14Cl3N3. The van der Waals surface area contributed by atoms with E-state index in [4.69, 9.17) is 34.8 Å². The van der Waals surface area contributed by atoms with Crippen LogP contribution >= 0.6 is 34.8 Å². The molecule has 22 heavy (non-hydrogen) atoms. The van der Waals surface area contributed by atoms with Crippen LogP contribution in [-0.2, 0) is 6.42 Å². The molecule has 0 saturated heterocycles. The van der Waals surface area contributed by atoms with Gasteiger partial charge in [0.2, 0.25) is 0 Å². The van der Waals surface area contributed by atoms with Crippen LogP contribution in [0.1, 0.15) is 30.4 Å². The van der Waals surface area contributed by atoms with Gasteiger partial charge in [-0.3, -0.25) is 5.43 Å². The molecule has 0 fully saturated rings. The van der Waals surface area contributed by atoms with Crippen molar-refractivity contribution in [2.75, 3.05) is 5.43 Å². The molecule has 114 valence electrons. The Balaban J connectivity index is 1.91. The zero-order chi connectivity index (χ0) is 15.5. The Morgan fingerprint density at radius 2 is 1.77 bits per heavy atom. The lowest BCUT2D eigenvalue weighted by atomic mass is 10.0. The van der Waals surface area contributed by atoms with Gasteiger partial charge in [-0.15, -0.1) is 0 Å². The monoisotopic (exact) mass is 353 g/mol. The molecule has 6 heteroatoms. The molecule has 1 heterocycles. The van der Waals surface area contributed by atoms with E-state index in [2.05, 4.69) is 33.7 Å². The fourth-order valence-corrected chi connectivity index (χ4v) is 3.06. The van der Waals surface area contributed by atoms with Crippen molar-refractivity contribution in [1.82, 2.24) is 4.98 Å². The van der Waals surface area contributed by atoms with Crippen molar-refractivity contribution in [3.63, 3.8) is 0 Å². The van der Waals surface area contributed by atoms with Crippen molar-refractivity contribution in [2.24, 2.45) is 5.10 Å². The topological polar surface area (TPSA) is 37.3 Å². The fraction of sp³-hybridized carbons (Fsp3) is 0.250. The summed E-state index contributed by atoms with van der Waals surface area (Å²) in [6.45, 7) is 0. The Labute approximate surface area is 144 Å². The molecule has 0 saturated carbocycles. The highest BCUT2D eigenvalue weighted by atomic mass is 35.5. The second-order valence-electron chi connectivity index (χ2n) is 5.13. The van der Waals surface area contributed by atoms with Crippen molar-refractivity contribution in [3.05, 3.63) is 56.7 Å². The number of hydrogen-bond donors (Lipinski definition) is 1. The van der Waals surface area contributed by atoms with Crippen molar-refractivity contribution in [3.8, 4) is 0 Å². The molecule has 0 atom stereocenters. The highest BCUT2D eigenvalue weighted by Gasteiger charge is 2.14. The molecular weight excluding hydrogens is 341 g/mol. The molecule has 0 radical (unpaired) electrons. The molecule has 1 N–H and O–H groups in total. The van der Waals surface area contributed by atoms with Crippen LogP contribution in [0.4, 0.5) is 5.82 Å². The van der Waals surface area contributed by atoms with Crippen LogP contribution in [0, 0.1) is 0 Å². The molecule has 1 aromatic heterocycles. The van der Waals surface area contributed by atoms with E-state index in [1.54, 1.807) is 6.07 Å². The first-order valence-corrected chi connectivity index (χ1v) is 8.21. The fourth-order valence-electron chi connectivity index (χ4n) is 2.52. The zero-order valence-corrected chi connectivity index (χ0v) is 14.0. The third-order valence-corrected chi connectivity index (χ3v) is 4.58. The zero-order valence-electron chi connectivity index (χ0n) is 11.7. The Bertz CT molecular complexity index is 729. The summed E-state index contributed by atoms with van der Waals surface area (Å²) in [7, 11) is 0. The summed E-state index contributed by atoms with van der Waals surface area (Å²) in [5.41, 5.74) is 6.44. The maximum Gasteiger partial charge on any atom is 0.166 e. The number of hydrogen-bond acceptors (Lipinski definition) is 3. The van der Waals surface area contributed by atoms with Crippen LogP contribution in [0.15, 0.2) is 35.4 Å². The SMILES string of the molecule is Clc1cc(Cl)c(NN=C2CCCCc3ccccc32)nc1Cl. The minimum Gasteiger partial charge on any atom is -0.260 e. The van der Waals surface area contributed by atoms with Gasteiger partial charge < -0.3 is 0 Å². The average Bonchev–Trinajstić information content (AvgIpc) is 2.72. The number of hydrazone groups is 1. The third kappa shape index (κ3) is 3.37. The number of benzene rings is 1. The molecule has 0 unspecified atom stereocenters. The summed E-state index contributed by atoms with van der Waals surface area (Å²) in [4.78, 5) is 4.12. The van der Waals surface area contributed by atoms with E-state index in [9.17, 15) is 0 Å². The van der Waals surface area contributed by atoms with Gasteiger partial charge in [-0.25, -0.2) is 4.98 Å². The van der Waals surface area contributed by atoms with Crippen LogP contribution in [0.5, 0.6) is 0 Å². The number of anilines is 1. The van der Waals surface area contributed by atoms with Crippen molar-refractivity contribution in [2.45, 2.75) is 25.7 Å². The van der Waals surface area contributed by atoms with Crippen molar-refractivity contribution < 1.29 is 0 Å². The number of aromatic nitrogens is 1. The number of aryl methyl sites for hydroxylation is 1. The number of pyridine rings is 1. The number of fused-ring (bicyclic) bond motifs is 1. The van der Waals surface area contributed by atoms with Crippen LogP contribution in [0.2, 0.25) is 15.2 Å². The number of nitrogens with zero attached hydrogens (tertiary/aromatic N) is 2. The van der Waals surface area contributed by atoms with Crippen LogP contribution in [-0.4, -0.2) is 10.7 Å². The van der Waals surface area contributed by atoms with E-state index in [1.807, 2.05) is 6.07 Å². The first kappa shape index (κ1) is 15.6. The molecule has 1 aliphatic rings. The van der Waals surface area contributed by atoms with Gasteiger partial charge in [0.1, 0.15) is 5.15 Å². The number of nitrogens with one attached hydrogen (secondary N) is 1. The molecule has 1 aromatic carbocycles. The van der Waals surface area contributed by atoms with Crippen molar-refractivity contribution in [1.29, 1.82) is 0 Å². The molecule has 2 aromatic rings. The van der Waals surface area contributed by atoms with Crippen molar-refractivity contribution >= 4 is 46.3 Å². The number of rotatable bonds is 2. The van der Waals surface area contributed by atoms with Gasteiger partial charge >= 0.3 is 0 Å². The lowest BCUT2D eigenvalue weighted by Gasteiger charge is -2.09. The maximum atomic E-state index is 6.11. The summed E-state index contributed by atoms with van der Waals surface area (Å²) >= 11 is 17.9. The summed E-state index contributed by atoms with van der Waals surface area (Å²) in [5, 5.41) is 5.42. The normalized spacial score (nSPS) is 16.2. The van der Waals surface area contributed by atoms with E-state index in [0.29, 0.717) is 15.9 Å². The lowest BCUT2D eigenvalue weighted by Crippen LogP contribution is -2.06. The van der Waals surface area contributed by atoms with Gasteiger partial charge in [0.05, 0.1) is 15.8 Å². The predicted molar refractivity (Wildman–Crippen MR) is 93.4 cm³/mol. The summed E-state index contributed by atoms with van der Waals surface area (Å²) in [6.07, 6.45) is 4.28. The quantitative estimate of drug-likeness (QED) is 0.434. The van der Waals surface area contributed by atoms with Crippen LogP contribution in [0.3, 0.4) is 0 Å². The van der Waals surface area contributed by atoms with E-state index in [-0.39, 0.29) is 5.15 Å². The standard InChI is InChI=1S/C16H14Cl3N3/c17-12-9-13(18)16(20-15(12)19)22-21-14-8-4-2-6-10-5-1-3-7-11(10)14/h1,3,5,7,9H,2,4,6,8H2,(H,20,22). The molecule has 0 spiro atoms. The molecule has 0 aliphatic heterocycles. The molecule has 0 amide bonds. The van der Waals surface area contributed by atoms with Gasteiger partial charge in [0.15, 0.2) is 5.82 Å². The maximum absolute atomic E-state index is 6.11. The minimum absolute atomic E-state index is 0.204. The first-order chi connectivity index (χ1) is 10.6. The molecule has 3 nitrogen and oxygen atoms in total. The summed E-state index contributed by atoms with van der Waals surface area (Å²) < 4.78 is 0. The van der Waals surface area contributed by atoms with E-state index < -0.39 is 0 Å².